The molecule has 5 heteroatoms. The van der Waals surface area contributed by atoms with E-state index < -0.39 is 0 Å². The summed E-state index contributed by atoms with van der Waals surface area (Å²) >= 11 is 0. The first kappa shape index (κ1) is 23.3. The van der Waals surface area contributed by atoms with Crippen LogP contribution >= 0.6 is 0 Å². The van der Waals surface area contributed by atoms with E-state index in [1.807, 2.05) is 0 Å². The largest absolute Gasteiger partial charge is 0.462 e. The van der Waals surface area contributed by atoms with Gasteiger partial charge >= 0.3 is 5.97 Å². The average Bonchev–Trinajstić information content (AvgIpc) is 2.58. The normalized spacial score (nSPS) is 11.5. The summed E-state index contributed by atoms with van der Waals surface area (Å²) in [6.45, 7) is 5.78. The van der Waals surface area contributed by atoms with Crippen molar-refractivity contribution in [2.45, 2.75) is 83.1 Å². The van der Waals surface area contributed by atoms with Crippen LogP contribution in [0.15, 0.2) is 12.2 Å². The van der Waals surface area contributed by atoms with Gasteiger partial charge < -0.3 is 14.2 Å². The lowest BCUT2D eigenvalue weighted by Gasteiger charge is -2.12. The van der Waals surface area contributed by atoms with Crippen LogP contribution < -0.4 is 0 Å². The first-order valence-corrected chi connectivity index (χ1v) is 11.3. The molecule has 0 saturated heterocycles. The molecule has 0 aliphatic carbocycles. The van der Waals surface area contributed by atoms with Crippen LogP contribution in [-0.2, 0) is 19.0 Å². The van der Waals surface area contributed by atoms with Crippen molar-refractivity contribution in [3.05, 3.63) is 12.2 Å². The number of esters is 1. The molecule has 0 radical (unpaired) electrons. The van der Waals surface area contributed by atoms with E-state index in [1.54, 1.807) is 21.1 Å². The van der Waals surface area contributed by atoms with Crippen LogP contribution in [0.3, 0.4) is 0 Å². The summed E-state index contributed by atoms with van der Waals surface area (Å²) in [7, 11) is 3.24. The van der Waals surface area contributed by atoms with E-state index in [0.717, 1.165) is 12.8 Å². The van der Waals surface area contributed by atoms with E-state index in [4.69, 9.17) is 14.2 Å². The number of carbonyl (C=O) groups excluding carboxylic acids is 1. The van der Waals surface area contributed by atoms with E-state index in [1.165, 1.54) is 57.4 Å². The number of carbonyl (C=O) groups is 1. The minimum Gasteiger partial charge on any atom is -0.462 e. The van der Waals surface area contributed by atoms with Gasteiger partial charge in [-0.15, -0.1) is 0 Å². The standard InChI is InChI=1S/C19H38O4Si/c1-17(2)18(20)23-15-13-11-9-7-5-6-8-10-12-14-16-24-19(21-3)22-4/h19H,1,5-16,24H2,2-4H3. The summed E-state index contributed by atoms with van der Waals surface area (Å²) < 4.78 is 15.6. The molecule has 0 amide bonds. The topological polar surface area (TPSA) is 44.8 Å². The molecule has 0 atom stereocenters. The third kappa shape index (κ3) is 14.9. The first-order valence-electron chi connectivity index (χ1n) is 9.50. The molecule has 0 heterocycles. The molecule has 0 aromatic heterocycles. The van der Waals surface area contributed by atoms with Gasteiger partial charge in [0.15, 0.2) is 0 Å². The molecule has 0 aromatic carbocycles. The smallest absolute Gasteiger partial charge is 0.333 e. The van der Waals surface area contributed by atoms with Crippen LogP contribution in [0.5, 0.6) is 0 Å². The molecule has 0 fully saturated rings. The first-order chi connectivity index (χ1) is 11.6. The summed E-state index contributed by atoms with van der Waals surface area (Å²) in [5, 5.41) is 0. The van der Waals surface area contributed by atoms with Gasteiger partial charge in [-0.3, -0.25) is 0 Å². The van der Waals surface area contributed by atoms with E-state index in [9.17, 15) is 4.79 Å². The fourth-order valence-electron chi connectivity index (χ4n) is 2.62. The minimum atomic E-state index is -0.266. The van der Waals surface area contributed by atoms with Crippen LogP contribution in [0.1, 0.15) is 71.1 Å². The van der Waals surface area contributed by atoms with Gasteiger partial charge in [-0.1, -0.05) is 70.4 Å². The number of methoxy groups -OCH3 is 2. The highest BCUT2D eigenvalue weighted by Crippen LogP contribution is 2.12. The molecule has 0 bridgehead atoms. The van der Waals surface area contributed by atoms with Gasteiger partial charge in [0.1, 0.15) is 5.91 Å². The average molecular weight is 359 g/mol. The molecular weight excluding hydrogens is 320 g/mol. The Balaban J connectivity index is 3.15. The minimum absolute atomic E-state index is 0.106. The van der Waals surface area contributed by atoms with E-state index in [-0.39, 0.29) is 21.4 Å². The maximum atomic E-state index is 11.2. The second-order valence-corrected chi connectivity index (χ2v) is 8.45. The quantitative estimate of drug-likeness (QED) is 0.129. The molecule has 0 saturated carbocycles. The van der Waals surface area contributed by atoms with Gasteiger partial charge in [0.25, 0.3) is 0 Å². The molecule has 0 aliphatic heterocycles. The molecule has 0 aromatic rings. The van der Waals surface area contributed by atoms with Crippen LogP contribution in [0.25, 0.3) is 0 Å². The van der Waals surface area contributed by atoms with Crippen molar-refractivity contribution < 1.29 is 19.0 Å². The van der Waals surface area contributed by atoms with Gasteiger partial charge in [-0.25, -0.2) is 4.79 Å². The van der Waals surface area contributed by atoms with E-state index >= 15 is 0 Å². The zero-order valence-electron chi connectivity index (χ0n) is 16.1. The van der Waals surface area contributed by atoms with Crippen molar-refractivity contribution in [2.24, 2.45) is 0 Å². The second kappa shape index (κ2) is 17.2. The van der Waals surface area contributed by atoms with Crippen molar-refractivity contribution in [2.75, 3.05) is 20.8 Å². The second-order valence-electron chi connectivity index (χ2n) is 6.49. The lowest BCUT2D eigenvalue weighted by atomic mass is 10.1. The highest BCUT2D eigenvalue weighted by Gasteiger charge is 2.04. The Hall–Kier alpha value is -0.653. The van der Waals surface area contributed by atoms with Crippen molar-refractivity contribution >= 4 is 15.5 Å². The van der Waals surface area contributed by atoms with Crippen LogP contribution in [0.2, 0.25) is 6.04 Å². The van der Waals surface area contributed by atoms with Gasteiger partial charge in [0.05, 0.1) is 16.1 Å². The Morgan fingerprint density at radius 1 is 0.875 bits per heavy atom. The zero-order valence-corrected chi connectivity index (χ0v) is 17.5. The molecule has 0 N–H and O–H groups in total. The molecule has 0 unspecified atom stereocenters. The highest BCUT2D eigenvalue weighted by atomic mass is 28.2. The maximum absolute atomic E-state index is 11.2. The third-order valence-electron chi connectivity index (χ3n) is 4.19. The predicted molar refractivity (Wildman–Crippen MR) is 103 cm³/mol. The summed E-state index contributed by atoms with van der Waals surface area (Å²) in [6.07, 6.45) is 12.7. The van der Waals surface area contributed by atoms with E-state index in [2.05, 4.69) is 6.58 Å². The Kier molecular flexibility index (Phi) is 16.7. The molecule has 24 heavy (non-hydrogen) atoms. The summed E-state index contributed by atoms with van der Waals surface area (Å²) in [4.78, 5) is 11.2. The monoisotopic (exact) mass is 358 g/mol. The van der Waals surface area contributed by atoms with Gasteiger partial charge in [0, 0.05) is 19.8 Å². The number of rotatable bonds is 17. The van der Waals surface area contributed by atoms with Crippen molar-refractivity contribution in [1.82, 2.24) is 0 Å². The van der Waals surface area contributed by atoms with Gasteiger partial charge in [-0.05, 0) is 13.3 Å². The number of unbranched alkanes of at least 4 members (excludes halogenated alkanes) is 9. The zero-order chi connectivity index (χ0) is 18.0. The third-order valence-corrected chi connectivity index (χ3v) is 6.24. The maximum Gasteiger partial charge on any atom is 0.333 e. The Labute approximate surface area is 151 Å². The number of hydrogen-bond donors (Lipinski definition) is 0. The fourth-order valence-corrected chi connectivity index (χ4v) is 4.07. The lowest BCUT2D eigenvalue weighted by molar-refractivity contribution is -0.139. The molecule has 142 valence electrons. The fraction of sp³-hybridized carbons (Fsp3) is 0.842. The van der Waals surface area contributed by atoms with E-state index in [0.29, 0.717) is 12.2 Å². The van der Waals surface area contributed by atoms with Gasteiger partial charge in [-0.2, -0.15) is 0 Å². The summed E-state index contributed by atoms with van der Waals surface area (Å²) in [6, 6.07) is 1.32. The highest BCUT2D eigenvalue weighted by molar-refractivity contribution is 6.36. The lowest BCUT2D eigenvalue weighted by Crippen LogP contribution is -2.20. The Morgan fingerprint density at radius 2 is 1.33 bits per heavy atom. The SMILES string of the molecule is C=C(C)C(=O)OCCCCCCCCCCCC[SiH2]C(OC)OC. The molecule has 0 rings (SSSR count). The van der Waals surface area contributed by atoms with Crippen molar-refractivity contribution in [1.29, 1.82) is 0 Å². The van der Waals surface area contributed by atoms with Crippen LogP contribution in [0.4, 0.5) is 0 Å². The van der Waals surface area contributed by atoms with Crippen LogP contribution in [0, 0.1) is 0 Å². The van der Waals surface area contributed by atoms with Crippen LogP contribution in [-0.4, -0.2) is 42.2 Å². The number of ether oxygens (including phenoxy) is 3. The van der Waals surface area contributed by atoms with Crippen molar-refractivity contribution in [3.8, 4) is 0 Å². The molecule has 0 aliphatic rings. The summed E-state index contributed by atoms with van der Waals surface area (Å²) in [5.74, 6) is -0.160. The summed E-state index contributed by atoms with van der Waals surface area (Å²) in [5.41, 5.74) is 0.481. The Morgan fingerprint density at radius 3 is 1.79 bits per heavy atom. The van der Waals surface area contributed by atoms with Crippen molar-refractivity contribution in [3.63, 3.8) is 0 Å². The molecular formula is C19H38O4Si. The Bertz CT molecular complexity index is 316. The molecule has 4 nitrogen and oxygen atoms in total. The number of hydrogen-bond acceptors (Lipinski definition) is 4. The predicted octanol–water partition coefficient (Wildman–Crippen LogP) is 4.17. The molecule has 0 spiro atoms. The van der Waals surface area contributed by atoms with Gasteiger partial charge in [0.2, 0.25) is 0 Å².